The second kappa shape index (κ2) is 5.92. The van der Waals surface area contributed by atoms with Gasteiger partial charge in [-0.25, -0.2) is 0 Å². The van der Waals surface area contributed by atoms with Crippen molar-refractivity contribution in [3.63, 3.8) is 0 Å². The maximum Gasteiger partial charge on any atom is 0.0951 e. The van der Waals surface area contributed by atoms with E-state index in [1.807, 2.05) is 0 Å². The fourth-order valence-corrected chi connectivity index (χ4v) is 1.15. The van der Waals surface area contributed by atoms with E-state index in [4.69, 9.17) is 15.5 Å². The van der Waals surface area contributed by atoms with Gasteiger partial charge in [0, 0.05) is 13.1 Å². The van der Waals surface area contributed by atoms with E-state index < -0.39 is 12.2 Å². The zero-order valence-corrected chi connectivity index (χ0v) is 8.44. The van der Waals surface area contributed by atoms with Gasteiger partial charge < -0.3 is 10.2 Å². The quantitative estimate of drug-likeness (QED) is 0.632. The molecule has 0 amide bonds. The van der Waals surface area contributed by atoms with E-state index in [2.05, 4.69) is 6.07 Å². The van der Waals surface area contributed by atoms with E-state index >= 15 is 0 Å². The van der Waals surface area contributed by atoms with Crippen molar-refractivity contribution in [1.82, 2.24) is 4.90 Å². The molecule has 0 heterocycles. The van der Waals surface area contributed by atoms with E-state index in [9.17, 15) is 0 Å². The molecular weight excluding hydrogens is 168 g/mol. The minimum atomic E-state index is -0.477. The molecule has 2 N–H and O–H groups in total. The first-order chi connectivity index (χ1) is 5.97. The average molecular weight is 186 g/mol. The van der Waals surface area contributed by atoms with Gasteiger partial charge in [0.1, 0.15) is 0 Å². The summed E-state index contributed by atoms with van der Waals surface area (Å²) in [5, 5.41) is 27.0. The zero-order valence-electron chi connectivity index (χ0n) is 8.44. The minimum Gasteiger partial charge on any atom is -0.392 e. The van der Waals surface area contributed by atoms with Crippen LogP contribution >= 0.6 is 0 Å². The van der Waals surface area contributed by atoms with E-state index in [0.717, 1.165) is 0 Å². The monoisotopic (exact) mass is 186 g/mol. The van der Waals surface area contributed by atoms with Crippen LogP contribution in [0.3, 0.4) is 0 Å². The summed E-state index contributed by atoms with van der Waals surface area (Å²) < 4.78 is 0. The van der Waals surface area contributed by atoms with Crippen LogP contribution in [0.2, 0.25) is 0 Å². The lowest BCUT2D eigenvalue weighted by atomic mass is 10.2. The molecule has 0 saturated carbocycles. The molecule has 0 radical (unpaired) electrons. The third kappa shape index (κ3) is 5.58. The fourth-order valence-electron chi connectivity index (χ4n) is 1.15. The van der Waals surface area contributed by atoms with Gasteiger partial charge in [0.2, 0.25) is 0 Å². The van der Waals surface area contributed by atoms with Crippen LogP contribution in [-0.2, 0) is 0 Å². The summed E-state index contributed by atoms with van der Waals surface area (Å²) in [6, 6.07) is 1.81. The molecule has 0 aliphatic rings. The first kappa shape index (κ1) is 12.4. The molecule has 0 rings (SSSR count). The van der Waals surface area contributed by atoms with Crippen molar-refractivity contribution < 1.29 is 10.2 Å². The maximum absolute atomic E-state index is 9.15. The van der Waals surface area contributed by atoms with Gasteiger partial charge in [-0.15, -0.1) is 0 Å². The van der Waals surface area contributed by atoms with Crippen LogP contribution in [0.25, 0.3) is 0 Å². The molecule has 3 unspecified atom stereocenters. The van der Waals surface area contributed by atoms with Gasteiger partial charge in [-0.05, 0) is 20.8 Å². The van der Waals surface area contributed by atoms with Gasteiger partial charge in [0.05, 0.1) is 24.3 Å². The molecular formula is C9H18N2O2. The third-order valence-corrected chi connectivity index (χ3v) is 1.73. The lowest BCUT2D eigenvalue weighted by Gasteiger charge is -2.26. The van der Waals surface area contributed by atoms with Crippen molar-refractivity contribution in [1.29, 1.82) is 5.26 Å². The molecule has 4 heteroatoms. The molecule has 0 saturated heterocycles. The number of hydrogen-bond acceptors (Lipinski definition) is 4. The van der Waals surface area contributed by atoms with Crippen LogP contribution < -0.4 is 0 Å². The molecule has 0 spiro atoms. The number of aliphatic hydroxyl groups excluding tert-OH is 2. The smallest absolute Gasteiger partial charge is 0.0951 e. The molecule has 0 fully saturated rings. The van der Waals surface area contributed by atoms with Crippen molar-refractivity contribution >= 4 is 0 Å². The summed E-state index contributed by atoms with van der Waals surface area (Å²) in [6.45, 7) is 5.92. The van der Waals surface area contributed by atoms with Crippen molar-refractivity contribution in [2.75, 3.05) is 13.1 Å². The highest BCUT2D eigenvalue weighted by atomic mass is 16.3. The van der Waals surface area contributed by atoms with Gasteiger partial charge in [-0.2, -0.15) is 5.26 Å². The SMILES string of the molecule is CC(O)CN(CC(C)O)C(C)C#N. The van der Waals surface area contributed by atoms with E-state index in [1.54, 1.807) is 25.7 Å². The minimum absolute atomic E-state index is 0.274. The van der Waals surface area contributed by atoms with Crippen LogP contribution in [-0.4, -0.2) is 46.5 Å². The van der Waals surface area contributed by atoms with Crippen LogP contribution in [0.4, 0.5) is 0 Å². The summed E-state index contributed by atoms with van der Waals surface area (Å²) in [7, 11) is 0. The van der Waals surface area contributed by atoms with Gasteiger partial charge in [0.25, 0.3) is 0 Å². The molecule has 0 aliphatic carbocycles. The van der Waals surface area contributed by atoms with Gasteiger partial charge in [-0.3, -0.25) is 4.90 Å². The Kier molecular flexibility index (Phi) is 5.63. The first-order valence-corrected chi connectivity index (χ1v) is 4.47. The van der Waals surface area contributed by atoms with Crippen molar-refractivity contribution in [2.45, 2.75) is 39.0 Å². The average Bonchev–Trinajstić information content (AvgIpc) is 2.00. The highest BCUT2D eigenvalue weighted by Crippen LogP contribution is 2.01. The Hall–Kier alpha value is -0.630. The first-order valence-electron chi connectivity index (χ1n) is 4.47. The predicted octanol–water partition coefficient (Wildman–Crippen LogP) is -0.0379. The molecule has 0 aromatic rings. The second-order valence-electron chi connectivity index (χ2n) is 3.46. The molecule has 3 atom stereocenters. The van der Waals surface area contributed by atoms with Crippen LogP contribution in [0, 0.1) is 11.3 Å². The summed E-state index contributed by atoms with van der Waals surface area (Å²) in [4.78, 5) is 1.76. The van der Waals surface area contributed by atoms with E-state index in [0.29, 0.717) is 13.1 Å². The van der Waals surface area contributed by atoms with Gasteiger partial charge in [-0.1, -0.05) is 0 Å². The zero-order chi connectivity index (χ0) is 10.4. The second-order valence-corrected chi connectivity index (χ2v) is 3.46. The topological polar surface area (TPSA) is 67.5 Å². The molecule has 0 aromatic heterocycles. The Morgan fingerprint density at radius 1 is 1.15 bits per heavy atom. The molecule has 4 nitrogen and oxygen atoms in total. The maximum atomic E-state index is 9.15. The number of rotatable bonds is 5. The Balaban J connectivity index is 4.12. The van der Waals surface area contributed by atoms with Crippen molar-refractivity contribution in [2.24, 2.45) is 0 Å². The summed E-state index contributed by atoms with van der Waals surface area (Å²) in [5.74, 6) is 0. The summed E-state index contributed by atoms with van der Waals surface area (Å²) in [5.41, 5.74) is 0. The highest BCUT2D eigenvalue weighted by molar-refractivity contribution is 4.89. The fraction of sp³-hybridized carbons (Fsp3) is 0.889. The number of nitriles is 1. The predicted molar refractivity (Wildman–Crippen MR) is 50.0 cm³/mol. The molecule has 0 aliphatic heterocycles. The molecule has 76 valence electrons. The van der Waals surface area contributed by atoms with Crippen LogP contribution in [0.15, 0.2) is 0 Å². The van der Waals surface area contributed by atoms with E-state index in [-0.39, 0.29) is 6.04 Å². The standard InChI is InChI=1S/C9H18N2O2/c1-7(4-10)11(5-8(2)12)6-9(3)13/h7-9,12-13H,5-6H2,1-3H3. The molecule has 0 bridgehead atoms. The van der Waals surface area contributed by atoms with Gasteiger partial charge >= 0.3 is 0 Å². The van der Waals surface area contributed by atoms with E-state index in [1.165, 1.54) is 0 Å². The summed E-state index contributed by atoms with van der Waals surface area (Å²) in [6.07, 6.45) is -0.955. The Labute approximate surface area is 79.4 Å². The number of nitrogens with zero attached hydrogens (tertiary/aromatic N) is 2. The Morgan fingerprint density at radius 2 is 1.54 bits per heavy atom. The van der Waals surface area contributed by atoms with Gasteiger partial charge in [0.15, 0.2) is 0 Å². The van der Waals surface area contributed by atoms with Crippen LogP contribution in [0.1, 0.15) is 20.8 Å². The lowest BCUT2D eigenvalue weighted by molar-refractivity contribution is 0.0738. The van der Waals surface area contributed by atoms with Crippen molar-refractivity contribution in [3.05, 3.63) is 0 Å². The molecule has 13 heavy (non-hydrogen) atoms. The number of aliphatic hydroxyl groups is 2. The Morgan fingerprint density at radius 3 is 1.77 bits per heavy atom. The largest absolute Gasteiger partial charge is 0.392 e. The molecule has 0 aromatic carbocycles. The van der Waals surface area contributed by atoms with Crippen LogP contribution in [0.5, 0.6) is 0 Å². The highest BCUT2D eigenvalue weighted by Gasteiger charge is 2.16. The summed E-state index contributed by atoms with van der Waals surface area (Å²) >= 11 is 0. The normalized spacial score (nSPS) is 17.9. The van der Waals surface area contributed by atoms with Crippen molar-refractivity contribution in [3.8, 4) is 6.07 Å². The Bertz CT molecular complexity index is 165. The number of hydrogen-bond donors (Lipinski definition) is 2. The lowest BCUT2D eigenvalue weighted by Crippen LogP contribution is -2.41. The third-order valence-electron chi connectivity index (χ3n) is 1.73.